The monoisotopic (exact) mass is 289 g/mol. The minimum atomic E-state index is 0.239. The Morgan fingerprint density at radius 1 is 1.19 bits per heavy atom. The van der Waals surface area contributed by atoms with Crippen LogP contribution in [0.4, 0.5) is 11.9 Å². The lowest BCUT2D eigenvalue weighted by Gasteiger charge is -2.26. The fourth-order valence-corrected chi connectivity index (χ4v) is 2.37. The number of morpholine rings is 1. The Labute approximate surface area is 123 Å². The lowest BCUT2D eigenvalue weighted by Crippen LogP contribution is -2.37. The van der Waals surface area contributed by atoms with Gasteiger partial charge in [0.15, 0.2) is 5.82 Å². The van der Waals surface area contributed by atoms with Gasteiger partial charge in [-0.1, -0.05) is 0 Å². The maximum Gasteiger partial charge on any atom is 0.230 e. The normalized spacial score (nSPS) is 15.4. The Morgan fingerprint density at radius 2 is 1.95 bits per heavy atom. The molecule has 3 heterocycles. The molecule has 2 aromatic heterocycles. The largest absolute Gasteiger partial charge is 0.378 e. The summed E-state index contributed by atoms with van der Waals surface area (Å²) >= 11 is 0. The molecule has 1 aliphatic heterocycles. The van der Waals surface area contributed by atoms with Crippen molar-refractivity contribution in [3.63, 3.8) is 0 Å². The van der Waals surface area contributed by atoms with Gasteiger partial charge in [0, 0.05) is 18.8 Å². The van der Waals surface area contributed by atoms with Gasteiger partial charge in [-0.2, -0.15) is 20.1 Å². The highest BCUT2D eigenvalue weighted by molar-refractivity contribution is 5.35. The molecule has 21 heavy (non-hydrogen) atoms. The summed E-state index contributed by atoms with van der Waals surface area (Å²) in [6, 6.07) is 2.02. The number of ether oxygens (including phenoxy) is 1. The van der Waals surface area contributed by atoms with Crippen LogP contribution >= 0.6 is 0 Å². The maximum atomic E-state index is 5.81. The first-order valence-corrected chi connectivity index (χ1v) is 6.96. The van der Waals surface area contributed by atoms with E-state index >= 15 is 0 Å². The number of aromatic nitrogens is 5. The van der Waals surface area contributed by atoms with Gasteiger partial charge in [0.2, 0.25) is 11.9 Å². The minimum Gasteiger partial charge on any atom is -0.378 e. The van der Waals surface area contributed by atoms with Crippen molar-refractivity contribution in [3.8, 4) is 0 Å². The van der Waals surface area contributed by atoms with Gasteiger partial charge < -0.3 is 15.4 Å². The highest BCUT2D eigenvalue weighted by Crippen LogP contribution is 2.12. The first-order valence-electron chi connectivity index (χ1n) is 6.96. The molecule has 8 heteroatoms. The third kappa shape index (κ3) is 3.10. The van der Waals surface area contributed by atoms with E-state index in [-0.39, 0.29) is 5.95 Å². The number of hydrogen-bond donors (Lipinski definition) is 1. The number of rotatable bonds is 3. The molecule has 8 nitrogen and oxygen atoms in total. The van der Waals surface area contributed by atoms with Crippen molar-refractivity contribution < 1.29 is 4.74 Å². The van der Waals surface area contributed by atoms with Crippen LogP contribution in [0.1, 0.15) is 17.2 Å². The first kappa shape index (κ1) is 13.7. The second-order valence-electron chi connectivity index (χ2n) is 5.09. The van der Waals surface area contributed by atoms with Gasteiger partial charge in [-0.05, 0) is 19.9 Å². The molecule has 0 bridgehead atoms. The van der Waals surface area contributed by atoms with Crippen LogP contribution < -0.4 is 10.6 Å². The number of nitrogen functional groups attached to an aromatic ring is 1. The summed E-state index contributed by atoms with van der Waals surface area (Å²) in [7, 11) is 0. The molecule has 1 saturated heterocycles. The predicted octanol–water partition coefficient (Wildman–Crippen LogP) is 0.152. The van der Waals surface area contributed by atoms with Gasteiger partial charge in [0.25, 0.3) is 0 Å². The van der Waals surface area contributed by atoms with E-state index in [0.29, 0.717) is 31.5 Å². The van der Waals surface area contributed by atoms with Gasteiger partial charge in [-0.15, -0.1) is 0 Å². The fourth-order valence-electron chi connectivity index (χ4n) is 2.37. The third-order valence-electron chi connectivity index (χ3n) is 3.38. The topological polar surface area (TPSA) is 95.0 Å². The van der Waals surface area contributed by atoms with E-state index in [0.717, 1.165) is 24.5 Å². The van der Waals surface area contributed by atoms with Crippen LogP contribution in [0.25, 0.3) is 0 Å². The predicted molar refractivity (Wildman–Crippen MR) is 78.1 cm³/mol. The zero-order chi connectivity index (χ0) is 14.8. The molecule has 2 N–H and O–H groups in total. The molecule has 0 aromatic carbocycles. The van der Waals surface area contributed by atoms with Crippen LogP contribution in [0.3, 0.4) is 0 Å². The quantitative estimate of drug-likeness (QED) is 0.859. The van der Waals surface area contributed by atoms with E-state index in [9.17, 15) is 0 Å². The van der Waals surface area contributed by atoms with Crippen LogP contribution in [0.5, 0.6) is 0 Å². The fraction of sp³-hybridized carbons (Fsp3) is 0.538. The smallest absolute Gasteiger partial charge is 0.230 e. The summed E-state index contributed by atoms with van der Waals surface area (Å²) in [5.41, 5.74) is 7.86. The molecule has 112 valence electrons. The number of aryl methyl sites for hydroxylation is 2. The summed E-state index contributed by atoms with van der Waals surface area (Å²) in [6.45, 7) is 7.35. The molecule has 0 aliphatic carbocycles. The van der Waals surface area contributed by atoms with Crippen molar-refractivity contribution in [2.45, 2.75) is 20.4 Å². The van der Waals surface area contributed by atoms with Crippen LogP contribution in [0.2, 0.25) is 0 Å². The van der Waals surface area contributed by atoms with Crippen molar-refractivity contribution in [2.75, 3.05) is 36.9 Å². The number of nitrogens with zero attached hydrogens (tertiary/aromatic N) is 6. The standard InChI is InChI=1S/C13H19N7O/c1-9-7-10(2)20(18-9)8-11-15-12(14)17-13(16-11)19-3-5-21-6-4-19/h7H,3-6,8H2,1-2H3,(H2,14,15,16,17). The number of nitrogens with two attached hydrogens (primary N) is 1. The van der Waals surface area contributed by atoms with Crippen molar-refractivity contribution in [3.05, 3.63) is 23.3 Å². The highest BCUT2D eigenvalue weighted by atomic mass is 16.5. The summed E-state index contributed by atoms with van der Waals surface area (Å²) in [6.07, 6.45) is 0. The molecule has 0 atom stereocenters. The molecule has 0 saturated carbocycles. The molecule has 0 spiro atoms. The molecule has 0 unspecified atom stereocenters. The van der Waals surface area contributed by atoms with Gasteiger partial charge >= 0.3 is 0 Å². The van der Waals surface area contributed by atoms with Crippen molar-refractivity contribution >= 4 is 11.9 Å². The van der Waals surface area contributed by atoms with E-state index < -0.39 is 0 Å². The van der Waals surface area contributed by atoms with E-state index in [4.69, 9.17) is 10.5 Å². The highest BCUT2D eigenvalue weighted by Gasteiger charge is 2.16. The van der Waals surface area contributed by atoms with Gasteiger partial charge in [-0.3, -0.25) is 4.68 Å². The SMILES string of the molecule is Cc1cc(C)n(Cc2nc(N)nc(N3CCOCC3)n2)n1. The van der Waals surface area contributed by atoms with E-state index in [2.05, 4.69) is 25.0 Å². The van der Waals surface area contributed by atoms with Crippen molar-refractivity contribution in [1.29, 1.82) is 0 Å². The van der Waals surface area contributed by atoms with Gasteiger partial charge in [0.1, 0.15) is 6.54 Å². The minimum absolute atomic E-state index is 0.239. The molecule has 0 radical (unpaired) electrons. The average Bonchev–Trinajstić information content (AvgIpc) is 2.77. The summed E-state index contributed by atoms with van der Waals surface area (Å²) in [5.74, 6) is 1.47. The first-order chi connectivity index (χ1) is 10.1. The van der Waals surface area contributed by atoms with Crippen LogP contribution in [-0.4, -0.2) is 51.0 Å². The lowest BCUT2D eigenvalue weighted by atomic mass is 10.4. The van der Waals surface area contributed by atoms with Gasteiger partial charge in [-0.25, -0.2) is 0 Å². The van der Waals surface area contributed by atoms with Crippen LogP contribution in [-0.2, 0) is 11.3 Å². The van der Waals surface area contributed by atoms with Gasteiger partial charge in [0.05, 0.1) is 18.9 Å². The molecular formula is C13H19N7O. The zero-order valence-corrected chi connectivity index (χ0v) is 12.3. The van der Waals surface area contributed by atoms with E-state index in [1.807, 2.05) is 24.6 Å². The zero-order valence-electron chi connectivity index (χ0n) is 12.3. The van der Waals surface area contributed by atoms with Crippen LogP contribution in [0.15, 0.2) is 6.07 Å². The van der Waals surface area contributed by atoms with E-state index in [1.54, 1.807) is 0 Å². The molecular weight excluding hydrogens is 270 g/mol. The van der Waals surface area contributed by atoms with Crippen LogP contribution in [0, 0.1) is 13.8 Å². The van der Waals surface area contributed by atoms with Crippen molar-refractivity contribution in [1.82, 2.24) is 24.7 Å². The molecule has 1 fully saturated rings. The molecule has 2 aromatic rings. The number of anilines is 2. The molecule has 0 amide bonds. The number of hydrogen-bond acceptors (Lipinski definition) is 7. The second kappa shape index (κ2) is 5.65. The molecule has 3 rings (SSSR count). The summed E-state index contributed by atoms with van der Waals surface area (Å²) < 4.78 is 7.21. The summed E-state index contributed by atoms with van der Waals surface area (Å²) in [4.78, 5) is 15.0. The third-order valence-corrected chi connectivity index (χ3v) is 3.38. The average molecular weight is 289 g/mol. The Bertz CT molecular complexity index is 633. The maximum absolute atomic E-state index is 5.81. The lowest BCUT2D eigenvalue weighted by molar-refractivity contribution is 0.122. The van der Waals surface area contributed by atoms with E-state index in [1.165, 1.54) is 0 Å². The Kier molecular flexibility index (Phi) is 3.70. The van der Waals surface area contributed by atoms with Crippen molar-refractivity contribution in [2.24, 2.45) is 0 Å². The second-order valence-corrected chi connectivity index (χ2v) is 5.09. The Morgan fingerprint density at radius 3 is 2.62 bits per heavy atom. The Balaban J connectivity index is 1.85. The Hall–Kier alpha value is -2.22. The molecule has 1 aliphatic rings. The summed E-state index contributed by atoms with van der Waals surface area (Å²) in [5, 5.41) is 4.42.